The standard InChI is InChI=1S/C15H18N4O2S/c1-4-5-16-14(20)8-18-15(21)12-7-13-11(6-9(2)22-13)19(12)10(3)17-18/h6-7H,4-5,8H2,1-3H3,(H,16,20). The van der Waals surface area contributed by atoms with Crippen molar-refractivity contribution >= 4 is 33.0 Å². The number of rotatable bonds is 4. The van der Waals surface area contributed by atoms with Crippen molar-refractivity contribution < 1.29 is 4.79 Å². The molecule has 22 heavy (non-hydrogen) atoms. The molecule has 0 spiro atoms. The fourth-order valence-electron chi connectivity index (χ4n) is 2.58. The molecule has 0 aliphatic heterocycles. The van der Waals surface area contributed by atoms with E-state index in [1.807, 2.05) is 31.2 Å². The summed E-state index contributed by atoms with van der Waals surface area (Å²) in [5.74, 6) is 0.509. The number of nitrogens with one attached hydrogen (secondary N) is 1. The van der Waals surface area contributed by atoms with Crippen molar-refractivity contribution in [2.24, 2.45) is 0 Å². The van der Waals surface area contributed by atoms with Gasteiger partial charge in [-0.15, -0.1) is 11.3 Å². The molecule has 0 fully saturated rings. The largest absolute Gasteiger partial charge is 0.355 e. The number of carbonyl (C=O) groups is 1. The van der Waals surface area contributed by atoms with Gasteiger partial charge in [-0.2, -0.15) is 5.10 Å². The fourth-order valence-corrected chi connectivity index (χ4v) is 3.52. The Bertz CT molecular complexity index is 919. The molecule has 6 nitrogen and oxygen atoms in total. The molecule has 0 saturated heterocycles. The lowest BCUT2D eigenvalue weighted by Crippen LogP contribution is -2.35. The van der Waals surface area contributed by atoms with Crippen LogP contribution in [0.4, 0.5) is 0 Å². The van der Waals surface area contributed by atoms with Crippen LogP contribution in [0.3, 0.4) is 0 Å². The molecular formula is C15H18N4O2S. The van der Waals surface area contributed by atoms with Crippen molar-refractivity contribution in [1.82, 2.24) is 19.5 Å². The topological polar surface area (TPSA) is 68.4 Å². The van der Waals surface area contributed by atoms with E-state index in [2.05, 4.69) is 16.5 Å². The van der Waals surface area contributed by atoms with Crippen molar-refractivity contribution in [3.05, 3.63) is 33.2 Å². The average molecular weight is 318 g/mol. The van der Waals surface area contributed by atoms with Crippen LogP contribution < -0.4 is 10.9 Å². The highest BCUT2D eigenvalue weighted by Gasteiger charge is 2.15. The third-order valence-corrected chi connectivity index (χ3v) is 4.51. The van der Waals surface area contributed by atoms with Gasteiger partial charge in [0.2, 0.25) is 5.91 Å². The van der Waals surface area contributed by atoms with Gasteiger partial charge in [0.15, 0.2) is 0 Å². The molecule has 0 bridgehead atoms. The van der Waals surface area contributed by atoms with Gasteiger partial charge in [-0.05, 0) is 32.4 Å². The van der Waals surface area contributed by atoms with Crippen LogP contribution in [0.25, 0.3) is 15.7 Å². The quantitative estimate of drug-likeness (QED) is 0.798. The van der Waals surface area contributed by atoms with Crippen molar-refractivity contribution in [3.63, 3.8) is 0 Å². The van der Waals surface area contributed by atoms with Crippen molar-refractivity contribution in [2.45, 2.75) is 33.7 Å². The molecule has 1 amide bonds. The molecule has 3 aromatic rings. The van der Waals surface area contributed by atoms with Gasteiger partial charge in [-0.3, -0.25) is 14.0 Å². The van der Waals surface area contributed by atoms with E-state index in [9.17, 15) is 9.59 Å². The number of aromatic nitrogens is 3. The van der Waals surface area contributed by atoms with Crippen molar-refractivity contribution in [2.75, 3.05) is 6.54 Å². The Morgan fingerprint density at radius 3 is 2.82 bits per heavy atom. The monoisotopic (exact) mass is 318 g/mol. The predicted octanol–water partition coefficient (Wildman–Crippen LogP) is 1.85. The number of hydrogen-bond donors (Lipinski definition) is 1. The van der Waals surface area contributed by atoms with Crippen LogP contribution in [0.2, 0.25) is 0 Å². The van der Waals surface area contributed by atoms with E-state index in [0.29, 0.717) is 17.9 Å². The first-order chi connectivity index (χ1) is 10.5. The zero-order valence-electron chi connectivity index (χ0n) is 12.8. The third kappa shape index (κ3) is 2.41. The molecule has 0 saturated carbocycles. The predicted molar refractivity (Wildman–Crippen MR) is 87.6 cm³/mol. The summed E-state index contributed by atoms with van der Waals surface area (Å²) < 4.78 is 4.17. The summed E-state index contributed by atoms with van der Waals surface area (Å²) in [5.41, 5.74) is 1.33. The summed E-state index contributed by atoms with van der Waals surface area (Å²) >= 11 is 1.65. The Labute approximate surface area is 131 Å². The number of aryl methyl sites for hydroxylation is 2. The molecule has 1 N–H and O–H groups in total. The van der Waals surface area contributed by atoms with Crippen LogP contribution in [0.1, 0.15) is 24.0 Å². The minimum absolute atomic E-state index is 0.0476. The highest BCUT2D eigenvalue weighted by Crippen LogP contribution is 2.27. The molecule has 0 aliphatic carbocycles. The Morgan fingerprint density at radius 1 is 1.32 bits per heavy atom. The van der Waals surface area contributed by atoms with E-state index in [1.165, 1.54) is 9.56 Å². The van der Waals surface area contributed by atoms with Crippen molar-refractivity contribution in [3.8, 4) is 0 Å². The van der Waals surface area contributed by atoms with E-state index in [-0.39, 0.29) is 18.0 Å². The molecule has 116 valence electrons. The van der Waals surface area contributed by atoms with Crippen LogP contribution in [0.5, 0.6) is 0 Å². The lowest BCUT2D eigenvalue weighted by Gasteiger charge is -2.08. The van der Waals surface area contributed by atoms with E-state index in [4.69, 9.17) is 0 Å². The van der Waals surface area contributed by atoms with E-state index < -0.39 is 0 Å². The van der Waals surface area contributed by atoms with E-state index in [0.717, 1.165) is 16.6 Å². The Balaban J connectivity index is 2.08. The molecule has 0 atom stereocenters. The van der Waals surface area contributed by atoms with Gasteiger partial charge in [-0.25, -0.2) is 4.68 Å². The molecule has 0 aromatic carbocycles. The van der Waals surface area contributed by atoms with Gasteiger partial charge in [0.05, 0.1) is 10.2 Å². The summed E-state index contributed by atoms with van der Waals surface area (Å²) in [6, 6.07) is 3.93. The van der Waals surface area contributed by atoms with Crippen LogP contribution in [-0.4, -0.2) is 26.6 Å². The highest BCUT2D eigenvalue weighted by molar-refractivity contribution is 7.19. The number of amides is 1. The minimum atomic E-state index is -0.238. The molecule has 0 unspecified atom stereocenters. The number of thiophene rings is 1. The first-order valence-electron chi connectivity index (χ1n) is 7.27. The highest BCUT2D eigenvalue weighted by atomic mass is 32.1. The van der Waals surface area contributed by atoms with Gasteiger partial charge in [0.25, 0.3) is 5.56 Å². The van der Waals surface area contributed by atoms with Crippen molar-refractivity contribution in [1.29, 1.82) is 0 Å². The van der Waals surface area contributed by atoms with Gasteiger partial charge in [-0.1, -0.05) is 6.92 Å². The first-order valence-corrected chi connectivity index (χ1v) is 8.09. The molecule has 3 aromatic heterocycles. The van der Waals surface area contributed by atoms with Gasteiger partial charge >= 0.3 is 0 Å². The summed E-state index contributed by atoms with van der Waals surface area (Å²) in [6.45, 7) is 6.43. The second-order valence-corrected chi connectivity index (χ2v) is 6.62. The Kier molecular flexibility index (Phi) is 3.74. The lowest BCUT2D eigenvalue weighted by atomic mass is 10.4. The molecule has 7 heteroatoms. The minimum Gasteiger partial charge on any atom is -0.355 e. The summed E-state index contributed by atoms with van der Waals surface area (Å²) in [6.07, 6.45) is 0.862. The average Bonchev–Trinajstić information content (AvgIpc) is 2.98. The molecule has 3 heterocycles. The zero-order chi connectivity index (χ0) is 15.9. The zero-order valence-corrected chi connectivity index (χ0v) is 13.7. The molecular weight excluding hydrogens is 300 g/mol. The number of fused-ring (bicyclic) bond motifs is 3. The number of nitrogens with zero attached hydrogens (tertiary/aromatic N) is 3. The molecule has 0 aliphatic rings. The SMILES string of the molecule is CCCNC(=O)Cn1nc(C)n2c(cc3sc(C)cc32)c1=O. The molecule has 3 rings (SSSR count). The fraction of sp³-hybridized carbons (Fsp3) is 0.400. The maximum atomic E-state index is 12.5. The second kappa shape index (κ2) is 5.57. The first kappa shape index (κ1) is 14.8. The third-order valence-electron chi connectivity index (χ3n) is 3.52. The normalized spacial score (nSPS) is 11.4. The van der Waals surface area contributed by atoms with Gasteiger partial charge < -0.3 is 5.32 Å². The van der Waals surface area contributed by atoms with E-state index >= 15 is 0 Å². The maximum Gasteiger partial charge on any atom is 0.291 e. The summed E-state index contributed by atoms with van der Waals surface area (Å²) in [5, 5.41) is 7.05. The smallest absolute Gasteiger partial charge is 0.291 e. The Hall–Kier alpha value is -2.15. The van der Waals surface area contributed by atoms with Crippen LogP contribution in [0.15, 0.2) is 16.9 Å². The van der Waals surface area contributed by atoms with Crippen LogP contribution >= 0.6 is 11.3 Å². The van der Waals surface area contributed by atoms with Gasteiger partial charge in [0, 0.05) is 11.4 Å². The Morgan fingerprint density at radius 2 is 2.09 bits per heavy atom. The van der Waals surface area contributed by atoms with E-state index in [1.54, 1.807) is 11.3 Å². The maximum absolute atomic E-state index is 12.5. The van der Waals surface area contributed by atoms with Gasteiger partial charge in [0.1, 0.15) is 17.9 Å². The van der Waals surface area contributed by atoms with Crippen LogP contribution in [-0.2, 0) is 11.3 Å². The molecule has 0 radical (unpaired) electrons. The summed E-state index contributed by atoms with van der Waals surface area (Å²) in [4.78, 5) is 25.6. The second-order valence-electron chi connectivity index (χ2n) is 5.33. The summed E-state index contributed by atoms with van der Waals surface area (Å²) in [7, 11) is 0. The lowest BCUT2D eigenvalue weighted by molar-refractivity contribution is -0.121. The number of carbonyl (C=O) groups excluding carboxylic acids is 1. The number of hydrogen-bond acceptors (Lipinski definition) is 4. The van der Waals surface area contributed by atoms with Crippen LogP contribution in [0, 0.1) is 13.8 Å².